The highest BCUT2D eigenvalue weighted by atomic mass is 32.1. The highest BCUT2D eigenvalue weighted by Gasteiger charge is 2.21. The van der Waals surface area contributed by atoms with Crippen molar-refractivity contribution in [1.82, 2.24) is 4.98 Å². The van der Waals surface area contributed by atoms with Gasteiger partial charge >= 0.3 is 0 Å². The number of carbonyl (C=O) groups is 1. The molecule has 1 amide bonds. The fraction of sp³-hybridized carbons (Fsp3) is 0.0385. The summed E-state index contributed by atoms with van der Waals surface area (Å²) in [6.07, 6.45) is 1.67. The third-order valence-corrected chi connectivity index (χ3v) is 6.68. The van der Waals surface area contributed by atoms with Gasteiger partial charge < -0.3 is 9.47 Å². The number of hydrazone groups is 1. The lowest BCUT2D eigenvalue weighted by molar-refractivity contribution is 0.0988. The van der Waals surface area contributed by atoms with Gasteiger partial charge in [-0.1, -0.05) is 35.6 Å². The summed E-state index contributed by atoms with van der Waals surface area (Å²) in [6.45, 7) is 0. The van der Waals surface area contributed by atoms with Crippen molar-refractivity contribution in [3.05, 3.63) is 101 Å². The second kappa shape index (κ2) is 9.86. The zero-order valence-electron chi connectivity index (χ0n) is 18.1. The summed E-state index contributed by atoms with van der Waals surface area (Å²) >= 11 is 2.92. The molecule has 2 heterocycles. The van der Waals surface area contributed by atoms with Crippen LogP contribution in [-0.4, -0.2) is 24.2 Å². The van der Waals surface area contributed by atoms with E-state index in [1.54, 1.807) is 48.9 Å². The number of hydrogen-bond donors (Lipinski definition) is 0. The van der Waals surface area contributed by atoms with Crippen LogP contribution in [0.1, 0.15) is 15.2 Å². The molecule has 0 saturated carbocycles. The van der Waals surface area contributed by atoms with Crippen molar-refractivity contribution in [2.45, 2.75) is 0 Å². The molecule has 0 bridgehead atoms. The summed E-state index contributed by atoms with van der Waals surface area (Å²) < 4.78 is 12.1. The Balaban J connectivity index is 1.45. The van der Waals surface area contributed by atoms with Crippen LogP contribution in [0.2, 0.25) is 0 Å². The lowest BCUT2D eigenvalue weighted by atomic mass is 10.2. The Morgan fingerprint density at radius 2 is 1.71 bits per heavy atom. The van der Waals surface area contributed by atoms with Crippen molar-refractivity contribution < 1.29 is 14.3 Å². The van der Waals surface area contributed by atoms with Crippen molar-refractivity contribution in [2.24, 2.45) is 5.10 Å². The molecule has 0 aliphatic carbocycles. The Morgan fingerprint density at radius 1 is 0.941 bits per heavy atom. The molecule has 168 valence electrons. The van der Waals surface area contributed by atoms with E-state index in [0.717, 1.165) is 26.6 Å². The zero-order chi connectivity index (χ0) is 23.3. The number of nitrogens with zero attached hydrogens (tertiary/aromatic N) is 3. The predicted octanol–water partition coefficient (Wildman–Crippen LogP) is 6.84. The molecule has 5 aromatic rings. The SMILES string of the molecule is COc1ccc2nc(N(/N=C/c3cccs3)C(=O)c3ccc(Oc4ccccc4)cc3)sc2c1. The fourth-order valence-electron chi connectivity index (χ4n) is 3.19. The first kappa shape index (κ1) is 21.8. The van der Waals surface area contributed by atoms with E-state index >= 15 is 0 Å². The Bertz CT molecular complexity index is 1430. The van der Waals surface area contributed by atoms with Crippen molar-refractivity contribution >= 4 is 50.1 Å². The van der Waals surface area contributed by atoms with Crippen LogP contribution in [0.25, 0.3) is 10.2 Å². The maximum atomic E-state index is 13.5. The van der Waals surface area contributed by atoms with Gasteiger partial charge in [0.25, 0.3) is 5.91 Å². The second-order valence-electron chi connectivity index (χ2n) is 7.15. The Kier molecular flexibility index (Phi) is 6.33. The van der Waals surface area contributed by atoms with Crippen LogP contribution in [0.5, 0.6) is 17.2 Å². The minimum absolute atomic E-state index is 0.287. The number of para-hydroxylation sites is 1. The van der Waals surface area contributed by atoms with Crippen LogP contribution < -0.4 is 14.5 Å². The van der Waals surface area contributed by atoms with Crippen LogP contribution in [0.3, 0.4) is 0 Å². The smallest absolute Gasteiger partial charge is 0.280 e. The van der Waals surface area contributed by atoms with Gasteiger partial charge in [0.1, 0.15) is 17.2 Å². The Labute approximate surface area is 204 Å². The Hall–Kier alpha value is -4.01. The van der Waals surface area contributed by atoms with Gasteiger partial charge in [0.15, 0.2) is 0 Å². The van der Waals surface area contributed by atoms with Gasteiger partial charge in [0, 0.05) is 10.4 Å². The number of thiazole rings is 1. The number of carbonyl (C=O) groups excluding carboxylic acids is 1. The molecule has 34 heavy (non-hydrogen) atoms. The van der Waals surface area contributed by atoms with E-state index < -0.39 is 0 Å². The first-order valence-corrected chi connectivity index (χ1v) is 12.1. The first-order valence-electron chi connectivity index (χ1n) is 10.4. The lowest BCUT2D eigenvalue weighted by Gasteiger charge is -2.14. The number of anilines is 1. The van der Waals surface area contributed by atoms with Crippen LogP contribution in [0, 0.1) is 0 Å². The van der Waals surface area contributed by atoms with Gasteiger partial charge in [-0.3, -0.25) is 4.79 Å². The van der Waals surface area contributed by atoms with E-state index in [1.807, 2.05) is 66.0 Å². The molecule has 5 rings (SSSR count). The van der Waals surface area contributed by atoms with Gasteiger partial charge in [-0.2, -0.15) is 10.1 Å². The van der Waals surface area contributed by atoms with E-state index in [-0.39, 0.29) is 5.91 Å². The second-order valence-corrected chi connectivity index (χ2v) is 9.13. The molecule has 0 atom stereocenters. The average Bonchev–Trinajstić information content (AvgIpc) is 3.54. The normalized spacial score (nSPS) is 11.1. The molecular formula is C26H19N3O3S2. The minimum Gasteiger partial charge on any atom is -0.497 e. The zero-order valence-corrected chi connectivity index (χ0v) is 19.8. The number of aromatic nitrogens is 1. The molecule has 0 N–H and O–H groups in total. The number of benzene rings is 3. The quantitative estimate of drug-likeness (QED) is 0.187. The molecule has 0 aliphatic rings. The van der Waals surface area contributed by atoms with E-state index in [2.05, 4.69) is 10.1 Å². The molecule has 0 radical (unpaired) electrons. The molecule has 3 aromatic carbocycles. The summed E-state index contributed by atoms with van der Waals surface area (Å²) in [4.78, 5) is 19.1. The maximum Gasteiger partial charge on any atom is 0.280 e. The predicted molar refractivity (Wildman–Crippen MR) is 138 cm³/mol. The maximum absolute atomic E-state index is 13.5. The lowest BCUT2D eigenvalue weighted by Crippen LogP contribution is -2.25. The third kappa shape index (κ3) is 4.83. The van der Waals surface area contributed by atoms with Gasteiger partial charge in [0.2, 0.25) is 5.13 Å². The van der Waals surface area contributed by atoms with E-state index in [1.165, 1.54) is 16.3 Å². The van der Waals surface area contributed by atoms with Gasteiger partial charge in [-0.25, -0.2) is 4.98 Å². The number of thiophene rings is 1. The number of methoxy groups -OCH3 is 1. The highest BCUT2D eigenvalue weighted by molar-refractivity contribution is 7.22. The highest BCUT2D eigenvalue weighted by Crippen LogP contribution is 2.33. The number of fused-ring (bicyclic) bond motifs is 1. The van der Waals surface area contributed by atoms with Crippen molar-refractivity contribution in [3.63, 3.8) is 0 Å². The van der Waals surface area contributed by atoms with Crippen LogP contribution >= 0.6 is 22.7 Å². The molecule has 0 fully saturated rings. The third-order valence-electron chi connectivity index (χ3n) is 4.88. The topological polar surface area (TPSA) is 64.0 Å². The molecular weight excluding hydrogens is 466 g/mol. The number of amides is 1. The monoisotopic (exact) mass is 485 g/mol. The molecule has 0 aliphatic heterocycles. The van der Waals surface area contributed by atoms with E-state index in [4.69, 9.17) is 9.47 Å². The minimum atomic E-state index is -0.287. The van der Waals surface area contributed by atoms with Crippen LogP contribution in [0.4, 0.5) is 5.13 Å². The van der Waals surface area contributed by atoms with Gasteiger partial charge in [0.05, 0.1) is 23.5 Å². The summed E-state index contributed by atoms with van der Waals surface area (Å²) in [6, 6.07) is 26.0. The van der Waals surface area contributed by atoms with E-state index in [0.29, 0.717) is 16.4 Å². The number of hydrogen-bond acceptors (Lipinski definition) is 7. The van der Waals surface area contributed by atoms with Crippen LogP contribution in [-0.2, 0) is 0 Å². The summed E-state index contributed by atoms with van der Waals surface area (Å²) in [5.74, 6) is 1.82. The molecule has 0 saturated heterocycles. The fourth-order valence-corrected chi connectivity index (χ4v) is 4.72. The first-order chi connectivity index (χ1) is 16.7. The molecule has 0 unspecified atom stereocenters. The summed E-state index contributed by atoms with van der Waals surface area (Å²) in [5, 5.41) is 8.27. The van der Waals surface area contributed by atoms with Crippen molar-refractivity contribution in [2.75, 3.05) is 12.1 Å². The molecule has 8 heteroatoms. The Morgan fingerprint density at radius 3 is 2.44 bits per heavy atom. The molecule has 2 aromatic heterocycles. The summed E-state index contributed by atoms with van der Waals surface area (Å²) in [5.41, 5.74) is 1.25. The van der Waals surface area contributed by atoms with Crippen molar-refractivity contribution in [1.29, 1.82) is 0 Å². The van der Waals surface area contributed by atoms with Crippen molar-refractivity contribution in [3.8, 4) is 17.2 Å². The van der Waals surface area contributed by atoms with Gasteiger partial charge in [-0.15, -0.1) is 11.3 Å². The van der Waals surface area contributed by atoms with E-state index in [9.17, 15) is 4.79 Å². The van der Waals surface area contributed by atoms with Crippen LogP contribution in [0.15, 0.2) is 95.4 Å². The average molecular weight is 486 g/mol. The molecule has 0 spiro atoms. The summed E-state index contributed by atoms with van der Waals surface area (Å²) in [7, 11) is 1.62. The largest absolute Gasteiger partial charge is 0.497 e. The number of rotatable bonds is 7. The van der Waals surface area contributed by atoms with Gasteiger partial charge in [-0.05, 0) is 66.0 Å². The molecule has 6 nitrogen and oxygen atoms in total. The standard InChI is InChI=1S/C26H19N3O3S2/c1-31-21-13-14-23-24(16-21)34-26(28-23)29(27-17-22-8-5-15-33-22)25(30)18-9-11-20(12-10-18)32-19-6-3-2-4-7-19/h2-17H,1H3/b27-17+. The number of ether oxygens (including phenoxy) is 2.